The number of aryl methyl sites for hydroxylation is 1. The van der Waals surface area contributed by atoms with Gasteiger partial charge < -0.3 is 10.6 Å². The highest BCUT2D eigenvalue weighted by Crippen LogP contribution is 2.34. The fourth-order valence-corrected chi connectivity index (χ4v) is 3.95. The van der Waals surface area contributed by atoms with Crippen molar-refractivity contribution in [3.8, 4) is 0 Å². The zero-order chi connectivity index (χ0) is 15.5. The second-order valence-corrected chi connectivity index (χ2v) is 6.50. The number of primary amides is 1. The molecule has 0 radical (unpaired) electrons. The van der Waals surface area contributed by atoms with Crippen LogP contribution in [0.2, 0.25) is 0 Å². The third kappa shape index (κ3) is 3.01. The predicted molar refractivity (Wildman–Crippen MR) is 85.3 cm³/mol. The summed E-state index contributed by atoms with van der Waals surface area (Å²) in [5, 5.41) is 0. The van der Waals surface area contributed by atoms with E-state index in [0.717, 1.165) is 45.1 Å². The van der Waals surface area contributed by atoms with Crippen molar-refractivity contribution in [2.45, 2.75) is 56.9 Å². The molecule has 118 valence electrons. The van der Waals surface area contributed by atoms with Crippen LogP contribution in [0.1, 0.15) is 55.6 Å². The highest BCUT2D eigenvalue weighted by molar-refractivity contribution is 5.85. The molecule has 0 aromatic heterocycles. The minimum absolute atomic E-state index is 0.00663. The van der Waals surface area contributed by atoms with Crippen LogP contribution in [0.5, 0.6) is 0 Å². The number of benzene rings is 1. The summed E-state index contributed by atoms with van der Waals surface area (Å²) in [7, 11) is 0. The number of piperidine rings is 1. The molecular weight excluding hydrogens is 276 g/mol. The van der Waals surface area contributed by atoms with Crippen molar-refractivity contribution in [1.29, 1.82) is 0 Å². The molecule has 1 aromatic carbocycles. The first kappa shape index (κ1) is 15.1. The van der Waals surface area contributed by atoms with Gasteiger partial charge in [0.25, 0.3) is 0 Å². The molecule has 2 N–H and O–H groups in total. The second-order valence-electron chi connectivity index (χ2n) is 6.50. The summed E-state index contributed by atoms with van der Waals surface area (Å²) >= 11 is 0. The Labute approximate surface area is 131 Å². The Balaban J connectivity index is 1.82. The van der Waals surface area contributed by atoms with Crippen LogP contribution in [0.3, 0.4) is 0 Å². The molecule has 0 unspecified atom stereocenters. The lowest BCUT2D eigenvalue weighted by molar-refractivity contribution is -0.137. The van der Waals surface area contributed by atoms with E-state index in [1.54, 1.807) is 0 Å². The first-order chi connectivity index (χ1) is 10.7. The largest absolute Gasteiger partial charge is 0.370 e. The Morgan fingerprint density at radius 3 is 2.77 bits per heavy atom. The molecule has 1 aliphatic heterocycles. The molecule has 2 atom stereocenters. The molecule has 1 heterocycles. The van der Waals surface area contributed by atoms with Crippen molar-refractivity contribution in [2.24, 2.45) is 5.73 Å². The van der Waals surface area contributed by atoms with Crippen LogP contribution >= 0.6 is 0 Å². The van der Waals surface area contributed by atoms with Gasteiger partial charge in [-0.05, 0) is 49.7 Å². The average Bonchev–Trinajstić information content (AvgIpc) is 2.54. The highest BCUT2D eigenvalue weighted by atomic mass is 16.2. The number of likely N-dealkylation sites (tertiary alicyclic amines) is 1. The van der Waals surface area contributed by atoms with Gasteiger partial charge in [0.2, 0.25) is 11.8 Å². The summed E-state index contributed by atoms with van der Waals surface area (Å²) in [4.78, 5) is 26.3. The zero-order valence-corrected chi connectivity index (χ0v) is 13.0. The molecular formula is C18H24N2O2. The van der Waals surface area contributed by atoms with Gasteiger partial charge in [-0.2, -0.15) is 0 Å². The molecule has 4 heteroatoms. The Hall–Kier alpha value is -1.84. The number of carbonyl (C=O) groups is 2. The van der Waals surface area contributed by atoms with Gasteiger partial charge in [0.05, 0.1) is 5.92 Å². The molecule has 2 amide bonds. The average molecular weight is 300 g/mol. The van der Waals surface area contributed by atoms with E-state index < -0.39 is 0 Å². The summed E-state index contributed by atoms with van der Waals surface area (Å²) in [6.07, 6.45) is 6.31. The maximum Gasteiger partial charge on any atom is 0.230 e. The second kappa shape index (κ2) is 6.51. The summed E-state index contributed by atoms with van der Waals surface area (Å²) < 4.78 is 0. The number of nitrogens with two attached hydrogens (primary N) is 1. The predicted octanol–water partition coefficient (Wildman–Crippen LogP) is 2.36. The maximum atomic E-state index is 13.1. The summed E-state index contributed by atoms with van der Waals surface area (Å²) in [6, 6.07) is 8.27. The van der Waals surface area contributed by atoms with Crippen molar-refractivity contribution >= 4 is 11.8 Å². The Morgan fingerprint density at radius 2 is 1.95 bits per heavy atom. The molecule has 0 spiro atoms. The van der Waals surface area contributed by atoms with E-state index >= 15 is 0 Å². The fourth-order valence-electron chi connectivity index (χ4n) is 3.95. The lowest BCUT2D eigenvalue weighted by atomic mass is 9.81. The number of rotatable bonds is 3. The van der Waals surface area contributed by atoms with Crippen molar-refractivity contribution in [1.82, 2.24) is 4.90 Å². The smallest absolute Gasteiger partial charge is 0.230 e. The number of fused-ring (bicyclic) bond motifs is 1. The Bertz CT molecular complexity index is 570. The number of amides is 2. The standard InChI is InChI=1S/C18H24N2O2/c19-17(21)12-14-8-3-4-11-20(14)18(22)16-10-5-7-13-6-1-2-9-15(13)16/h1-2,6,9,14,16H,3-5,7-8,10-12H2,(H2,19,21)/t14-,16+/m1/s1. The summed E-state index contributed by atoms with van der Waals surface area (Å²) in [5.41, 5.74) is 7.85. The van der Waals surface area contributed by atoms with E-state index in [1.807, 2.05) is 17.0 Å². The molecule has 3 rings (SSSR count). The molecule has 0 saturated carbocycles. The third-order valence-electron chi connectivity index (χ3n) is 5.01. The van der Waals surface area contributed by atoms with Gasteiger partial charge in [-0.15, -0.1) is 0 Å². The molecule has 1 aliphatic carbocycles. The van der Waals surface area contributed by atoms with Crippen molar-refractivity contribution in [3.05, 3.63) is 35.4 Å². The van der Waals surface area contributed by atoms with Gasteiger partial charge in [0, 0.05) is 19.0 Å². The van der Waals surface area contributed by atoms with E-state index in [9.17, 15) is 9.59 Å². The fraction of sp³-hybridized carbons (Fsp3) is 0.556. The van der Waals surface area contributed by atoms with Gasteiger partial charge >= 0.3 is 0 Å². The number of hydrogen-bond donors (Lipinski definition) is 1. The SMILES string of the molecule is NC(=O)C[C@H]1CCCCN1C(=O)[C@H]1CCCc2ccccc21. The number of carbonyl (C=O) groups excluding carboxylic acids is 2. The first-order valence-electron chi connectivity index (χ1n) is 8.33. The third-order valence-corrected chi connectivity index (χ3v) is 5.01. The van der Waals surface area contributed by atoms with Gasteiger partial charge in [-0.1, -0.05) is 24.3 Å². The molecule has 2 aliphatic rings. The molecule has 0 bridgehead atoms. The lowest BCUT2D eigenvalue weighted by Crippen LogP contribution is -2.47. The first-order valence-corrected chi connectivity index (χ1v) is 8.33. The van der Waals surface area contributed by atoms with E-state index in [1.165, 1.54) is 11.1 Å². The molecule has 1 aromatic rings. The van der Waals surface area contributed by atoms with Crippen LogP contribution in [0.4, 0.5) is 0 Å². The van der Waals surface area contributed by atoms with Crippen LogP contribution in [0, 0.1) is 0 Å². The van der Waals surface area contributed by atoms with E-state index in [-0.39, 0.29) is 23.8 Å². The van der Waals surface area contributed by atoms with E-state index in [4.69, 9.17) is 5.73 Å². The minimum atomic E-state index is -0.311. The lowest BCUT2D eigenvalue weighted by Gasteiger charge is -2.38. The Morgan fingerprint density at radius 1 is 1.14 bits per heavy atom. The monoisotopic (exact) mass is 300 g/mol. The van der Waals surface area contributed by atoms with Crippen LogP contribution in [0.25, 0.3) is 0 Å². The number of nitrogens with zero attached hydrogens (tertiary/aromatic N) is 1. The molecule has 22 heavy (non-hydrogen) atoms. The molecule has 1 saturated heterocycles. The Kier molecular flexibility index (Phi) is 4.46. The van der Waals surface area contributed by atoms with E-state index in [2.05, 4.69) is 12.1 Å². The van der Waals surface area contributed by atoms with Gasteiger partial charge in [0.15, 0.2) is 0 Å². The summed E-state index contributed by atoms with van der Waals surface area (Å²) in [5.74, 6) is -0.162. The van der Waals surface area contributed by atoms with Crippen LogP contribution < -0.4 is 5.73 Å². The highest BCUT2D eigenvalue weighted by Gasteiger charge is 2.34. The molecule has 4 nitrogen and oxygen atoms in total. The van der Waals surface area contributed by atoms with Gasteiger partial charge in [-0.3, -0.25) is 9.59 Å². The quantitative estimate of drug-likeness (QED) is 0.931. The van der Waals surface area contributed by atoms with Crippen LogP contribution in [-0.4, -0.2) is 29.3 Å². The zero-order valence-electron chi connectivity index (χ0n) is 13.0. The van der Waals surface area contributed by atoms with E-state index in [0.29, 0.717) is 6.42 Å². The molecule has 1 fully saturated rings. The number of hydrogen-bond acceptors (Lipinski definition) is 2. The van der Waals surface area contributed by atoms with Crippen LogP contribution in [-0.2, 0) is 16.0 Å². The van der Waals surface area contributed by atoms with Gasteiger partial charge in [0.1, 0.15) is 0 Å². The van der Waals surface area contributed by atoms with Crippen molar-refractivity contribution in [3.63, 3.8) is 0 Å². The topological polar surface area (TPSA) is 63.4 Å². The summed E-state index contributed by atoms with van der Waals surface area (Å²) in [6.45, 7) is 0.759. The van der Waals surface area contributed by atoms with Crippen molar-refractivity contribution < 1.29 is 9.59 Å². The minimum Gasteiger partial charge on any atom is -0.370 e. The van der Waals surface area contributed by atoms with Crippen molar-refractivity contribution in [2.75, 3.05) is 6.54 Å². The maximum absolute atomic E-state index is 13.1. The normalized spacial score (nSPS) is 24.6. The van der Waals surface area contributed by atoms with Crippen LogP contribution in [0.15, 0.2) is 24.3 Å². The van der Waals surface area contributed by atoms with Gasteiger partial charge in [-0.25, -0.2) is 0 Å².